The van der Waals surface area contributed by atoms with Gasteiger partial charge in [0.2, 0.25) is 0 Å². The molecule has 2 aromatic rings. The molecule has 0 fully saturated rings. The number of phenols is 2. The third kappa shape index (κ3) is 3.88. The number of benzene rings is 2. The molecular formula is C14H12Ac2O3. The minimum atomic E-state index is 0. The van der Waals surface area contributed by atoms with Gasteiger partial charge in [0.25, 0.3) is 0 Å². The fraction of sp³-hybridized carbons (Fsp3) is 0.143. The van der Waals surface area contributed by atoms with Gasteiger partial charge in [-0.25, -0.2) is 0 Å². The second kappa shape index (κ2) is 7.65. The van der Waals surface area contributed by atoms with E-state index in [1.165, 1.54) is 12.1 Å². The van der Waals surface area contributed by atoms with Crippen molar-refractivity contribution >= 4 is 0 Å². The molecule has 0 aliphatic carbocycles. The van der Waals surface area contributed by atoms with Gasteiger partial charge in [-0.3, -0.25) is 0 Å². The maximum Gasteiger partial charge on any atom is 0.138 e. The van der Waals surface area contributed by atoms with Crippen LogP contribution < -0.4 is 4.74 Å². The first kappa shape index (κ1) is 17.8. The van der Waals surface area contributed by atoms with Crippen molar-refractivity contribution in [2.75, 3.05) is 0 Å². The van der Waals surface area contributed by atoms with Gasteiger partial charge in [-0.2, -0.15) is 0 Å². The third-order valence-corrected chi connectivity index (χ3v) is 3.01. The summed E-state index contributed by atoms with van der Waals surface area (Å²) in [6.45, 7) is 0. The summed E-state index contributed by atoms with van der Waals surface area (Å²) in [5.41, 5.74) is 1.86. The van der Waals surface area contributed by atoms with E-state index in [2.05, 4.69) is 0 Å². The van der Waals surface area contributed by atoms with Gasteiger partial charge in [0, 0.05) is 106 Å². The first-order valence-electron chi connectivity index (χ1n) is 5.54. The molecule has 2 N–H and O–H groups in total. The van der Waals surface area contributed by atoms with Gasteiger partial charge in [-0.1, -0.05) is 18.2 Å². The van der Waals surface area contributed by atoms with Gasteiger partial charge in [-0.05, 0) is 24.5 Å². The standard InChI is InChI=1S/C14H12O3.2Ac/c15-10-7-12(16)11-6-5-9-3-1-2-4-13(9)17-14(11)8-10;;/h1-4,7-8,15-16H,5-6H2;;. The molecule has 0 spiro atoms. The van der Waals surface area contributed by atoms with Crippen LogP contribution in [0.15, 0.2) is 36.4 Å². The van der Waals surface area contributed by atoms with E-state index in [1.54, 1.807) is 0 Å². The van der Waals surface area contributed by atoms with E-state index in [0.29, 0.717) is 12.2 Å². The van der Waals surface area contributed by atoms with E-state index in [1.807, 2.05) is 24.3 Å². The molecule has 0 bridgehead atoms. The van der Waals surface area contributed by atoms with Gasteiger partial charge < -0.3 is 14.9 Å². The van der Waals surface area contributed by atoms with Crippen molar-refractivity contribution in [1.29, 1.82) is 0 Å². The topological polar surface area (TPSA) is 49.7 Å². The number of fused-ring (bicyclic) bond motifs is 2. The Morgan fingerprint density at radius 1 is 0.895 bits per heavy atom. The second-order valence-corrected chi connectivity index (χ2v) is 4.15. The largest absolute Gasteiger partial charge is 0.508 e. The molecular weight excluding hydrogens is 670 g/mol. The molecule has 0 saturated heterocycles. The number of hydrogen-bond donors (Lipinski definition) is 2. The molecule has 2 aromatic carbocycles. The Labute approximate surface area is 183 Å². The number of rotatable bonds is 0. The average molecular weight is 682 g/mol. The van der Waals surface area contributed by atoms with Crippen LogP contribution in [-0.2, 0) is 12.8 Å². The molecule has 1 aliphatic heterocycles. The zero-order valence-electron chi connectivity index (χ0n) is 10.3. The summed E-state index contributed by atoms with van der Waals surface area (Å²) >= 11 is 0. The first-order valence-corrected chi connectivity index (χ1v) is 5.54. The Bertz CT molecular complexity index is 585. The molecule has 0 saturated carbocycles. The zero-order valence-corrected chi connectivity index (χ0v) is 19.8. The number of aromatic hydroxyl groups is 2. The molecule has 1 aliphatic rings. The smallest absolute Gasteiger partial charge is 0.138 e. The van der Waals surface area contributed by atoms with Gasteiger partial charge in [-0.15, -0.1) is 0 Å². The summed E-state index contributed by atoms with van der Waals surface area (Å²) in [5.74, 6) is 1.43. The fourth-order valence-corrected chi connectivity index (χ4v) is 2.15. The van der Waals surface area contributed by atoms with Crippen molar-refractivity contribution in [2.24, 2.45) is 0 Å². The van der Waals surface area contributed by atoms with E-state index >= 15 is 0 Å². The number of phenolic OH excluding ortho intramolecular Hbond substituents is 2. The number of hydrogen-bond acceptors (Lipinski definition) is 3. The Kier molecular flexibility index (Phi) is 7.16. The molecule has 19 heavy (non-hydrogen) atoms. The van der Waals surface area contributed by atoms with Crippen LogP contribution in [0.3, 0.4) is 0 Å². The average Bonchev–Trinajstić information content (AvgIpc) is 2.47. The van der Waals surface area contributed by atoms with Crippen LogP contribution in [-0.4, -0.2) is 10.2 Å². The van der Waals surface area contributed by atoms with Gasteiger partial charge >= 0.3 is 0 Å². The monoisotopic (exact) mass is 682 g/mol. The zero-order chi connectivity index (χ0) is 11.8. The molecule has 5 heteroatoms. The molecule has 92 valence electrons. The van der Waals surface area contributed by atoms with Gasteiger partial charge in [0.15, 0.2) is 0 Å². The molecule has 2 radical (unpaired) electrons. The Hall–Kier alpha value is 0.723. The van der Waals surface area contributed by atoms with E-state index in [0.717, 1.165) is 23.3 Å². The van der Waals surface area contributed by atoms with E-state index in [9.17, 15) is 10.2 Å². The summed E-state index contributed by atoms with van der Waals surface area (Å²) < 4.78 is 5.74. The maximum absolute atomic E-state index is 9.80. The minimum Gasteiger partial charge on any atom is -0.508 e. The molecule has 3 rings (SSSR count). The van der Waals surface area contributed by atoms with Crippen LogP contribution in [0.2, 0.25) is 0 Å². The van der Waals surface area contributed by atoms with E-state index in [-0.39, 0.29) is 99.6 Å². The molecule has 0 unspecified atom stereocenters. The number of para-hydroxylation sites is 1. The summed E-state index contributed by atoms with van der Waals surface area (Å²) in [5, 5.41) is 19.3. The van der Waals surface area contributed by atoms with E-state index < -0.39 is 0 Å². The van der Waals surface area contributed by atoms with Crippen molar-refractivity contribution in [2.45, 2.75) is 12.8 Å². The normalized spacial score (nSPS) is 11.8. The molecule has 3 nitrogen and oxygen atoms in total. The third-order valence-electron chi connectivity index (χ3n) is 3.01. The number of ether oxygens (including phenoxy) is 1. The van der Waals surface area contributed by atoms with Crippen LogP contribution in [0.5, 0.6) is 23.0 Å². The first-order chi connectivity index (χ1) is 8.24. The fourth-order valence-electron chi connectivity index (χ4n) is 2.15. The SMILES string of the molecule is Oc1cc(O)c2c(c1)Oc1ccccc1CC2.[Ac].[Ac]. The van der Waals surface area contributed by atoms with Crippen molar-refractivity contribution in [3.8, 4) is 23.0 Å². The summed E-state index contributed by atoms with van der Waals surface area (Å²) in [7, 11) is 0. The molecule has 1 heterocycles. The van der Waals surface area contributed by atoms with Crippen molar-refractivity contribution in [3.05, 3.63) is 47.5 Å². The molecule has 0 aromatic heterocycles. The quantitative estimate of drug-likeness (QED) is 0.450. The van der Waals surface area contributed by atoms with Crippen LogP contribution in [0, 0.1) is 88.1 Å². The Morgan fingerprint density at radius 2 is 1.63 bits per heavy atom. The predicted molar refractivity (Wildman–Crippen MR) is 63.7 cm³/mol. The van der Waals surface area contributed by atoms with Crippen LogP contribution in [0.25, 0.3) is 0 Å². The maximum atomic E-state index is 9.80. The van der Waals surface area contributed by atoms with Crippen molar-refractivity contribution in [3.63, 3.8) is 0 Å². The van der Waals surface area contributed by atoms with Gasteiger partial charge in [0.1, 0.15) is 23.0 Å². The Morgan fingerprint density at radius 3 is 2.42 bits per heavy atom. The number of aryl methyl sites for hydroxylation is 1. The summed E-state index contributed by atoms with van der Waals surface area (Å²) in [4.78, 5) is 0. The Balaban J connectivity index is 0.000000902. The molecule has 0 amide bonds. The van der Waals surface area contributed by atoms with Crippen molar-refractivity contribution in [1.82, 2.24) is 0 Å². The summed E-state index contributed by atoms with van der Waals surface area (Å²) in [6.07, 6.45) is 1.53. The van der Waals surface area contributed by atoms with Gasteiger partial charge in [0.05, 0.1) is 0 Å². The molecule has 0 atom stereocenters. The predicted octanol–water partition coefficient (Wildman–Crippen LogP) is 2.99. The van der Waals surface area contributed by atoms with Crippen molar-refractivity contribution < 1.29 is 103 Å². The van der Waals surface area contributed by atoms with Crippen LogP contribution in [0.1, 0.15) is 11.1 Å². The second-order valence-electron chi connectivity index (χ2n) is 4.15. The van der Waals surface area contributed by atoms with E-state index in [4.69, 9.17) is 4.74 Å². The van der Waals surface area contributed by atoms with Crippen LogP contribution in [0.4, 0.5) is 0 Å². The summed E-state index contributed by atoms with van der Waals surface area (Å²) in [6, 6.07) is 10.7. The minimum absolute atomic E-state index is 0. The van der Waals surface area contributed by atoms with Crippen LogP contribution >= 0.6 is 0 Å².